The van der Waals surface area contributed by atoms with E-state index in [2.05, 4.69) is 13.0 Å². The summed E-state index contributed by atoms with van der Waals surface area (Å²) in [6.45, 7) is 4.00. The molecule has 1 aliphatic rings. The lowest BCUT2D eigenvalue weighted by atomic mass is 9.73. The Hall–Kier alpha value is -1.06. The molecule has 0 amide bonds. The standard InChI is InChI=1S/C12H15BO2/c1-9-8-10(2)13(14)15-12(9)11-6-4-3-5-7-11/h3-9,12,14H,1-2H3/t9-,12-/m1/s1. The van der Waals surface area contributed by atoms with E-state index >= 15 is 0 Å². The first-order valence-electron chi connectivity index (χ1n) is 5.25. The van der Waals surface area contributed by atoms with Crippen LogP contribution in [0.15, 0.2) is 41.9 Å². The van der Waals surface area contributed by atoms with Gasteiger partial charge in [-0.1, -0.05) is 43.3 Å². The Labute approximate surface area is 90.7 Å². The van der Waals surface area contributed by atoms with Gasteiger partial charge in [0.05, 0.1) is 6.10 Å². The Morgan fingerprint density at radius 1 is 1.27 bits per heavy atom. The van der Waals surface area contributed by atoms with Crippen LogP contribution in [0.2, 0.25) is 0 Å². The summed E-state index contributed by atoms with van der Waals surface area (Å²) in [6.07, 6.45) is 2.04. The minimum Gasteiger partial charge on any atom is -0.423 e. The van der Waals surface area contributed by atoms with E-state index in [0.29, 0.717) is 5.92 Å². The second-order valence-electron chi connectivity index (χ2n) is 4.09. The van der Waals surface area contributed by atoms with Crippen LogP contribution >= 0.6 is 0 Å². The highest BCUT2D eigenvalue weighted by molar-refractivity contribution is 6.52. The zero-order valence-corrected chi connectivity index (χ0v) is 9.05. The molecule has 2 rings (SSSR count). The summed E-state index contributed by atoms with van der Waals surface area (Å²) < 4.78 is 5.58. The molecule has 1 aliphatic heterocycles. The van der Waals surface area contributed by atoms with Crippen LogP contribution in [-0.4, -0.2) is 12.1 Å². The largest absolute Gasteiger partial charge is 0.486 e. The van der Waals surface area contributed by atoms with Gasteiger partial charge in [-0.3, -0.25) is 0 Å². The summed E-state index contributed by atoms with van der Waals surface area (Å²) in [7, 11) is -0.758. The van der Waals surface area contributed by atoms with Gasteiger partial charge >= 0.3 is 7.12 Å². The molecule has 2 nitrogen and oxygen atoms in total. The monoisotopic (exact) mass is 202 g/mol. The van der Waals surface area contributed by atoms with Gasteiger partial charge in [0.25, 0.3) is 0 Å². The summed E-state index contributed by atoms with van der Waals surface area (Å²) in [6, 6.07) is 10.0. The van der Waals surface area contributed by atoms with Gasteiger partial charge in [0, 0.05) is 5.92 Å². The average molecular weight is 202 g/mol. The summed E-state index contributed by atoms with van der Waals surface area (Å²) in [4.78, 5) is 0. The maximum Gasteiger partial charge on any atom is 0.486 e. The van der Waals surface area contributed by atoms with E-state index < -0.39 is 7.12 Å². The predicted molar refractivity (Wildman–Crippen MR) is 61.2 cm³/mol. The fourth-order valence-electron chi connectivity index (χ4n) is 1.98. The lowest BCUT2D eigenvalue weighted by Gasteiger charge is -2.29. The van der Waals surface area contributed by atoms with Crippen LogP contribution in [0, 0.1) is 5.92 Å². The van der Waals surface area contributed by atoms with Crippen molar-refractivity contribution in [3.05, 3.63) is 47.4 Å². The minimum absolute atomic E-state index is 0.0371. The molecule has 0 spiro atoms. The molecule has 1 N–H and O–H groups in total. The molecule has 3 heteroatoms. The van der Waals surface area contributed by atoms with Crippen molar-refractivity contribution >= 4 is 7.12 Å². The van der Waals surface area contributed by atoms with E-state index in [-0.39, 0.29) is 6.10 Å². The Bertz CT molecular complexity index is 361. The quantitative estimate of drug-likeness (QED) is 0.708. The molecule has 78 valence electrons. The highest BCUT2D eigenvalue weighted by Gasteiger charge is 2.30. The third-order valence-corrected chi connectivity index (χ3v) is 2.80. The molecule has 0 unspecified atom stereocenters. The van der Waals surface area contributed by atoms with Crippen LogP contribution in [0.5, 0.6) is 0 Å². The van der Waals surface area contributed by atoms with E-state index in [1.807, 2.05) is 37.3 Å². The van der Waals surface area contributed by atoms with E-state index in [4.69, 9.17) is 4.65 Å². The van der Waals surface area contributed by atoms with Crippen LogP contribution in [0.1, 0.15) is 25.5 Å². The molecule has 1 aromatic rings. The van der Waals surface area contributed by atoms with Gasteiger partial charge in [-0.25, -0.2) is 0 Å². The third-order valence-electron chi connectivity index (χ3n) is 2.80. The molecular formula is C12H15BO2. The lowest BCUT2D eigenvalue weighted by molar-refractivity contribution is 0.130. The molecule has 1 heterocycles. The third kappa shape index (κ3) is 2.14. The number of hydrogen-bond acceptors (Lipinski definition) is 2. The van der Waals surface area contributed by atoms with Crippen molar-refractivity contribution < 1.29 is 9.68 Å². The fourth-order valence-corrected chi connectivity index (χ4v) is 1.98. The second-order valence-corrected chi connectivity index (χ2v) is 4.09. The van der Waals surface area contributed by atoms with Crippen LogP contribution in [0.3, 0.4) is 0 Å². The first-order valence-corrected chi connectivity index (χ1v) is 5.25. The molecule has 0 radical (unpaired) electrons. The first-order chi connectivity index (χ1) is 7.18. The Morgan fingerprint density at radius 2 is 1.93 bits per heavy atom. The van der Waals surface area contributed by atoms with Crippen molar-refractivity contribution in [1.29, 1.82) is 0 Å². The van der Waals surface area contributed by atoms with Crippen molar-refractivity contribution in [3.63, 3.8) is 0 Å². The number of hydrogen-bond donors (Lipinski definition) is 1. The topological polar surface area (TPSA) is 29.5 Å². The Balaban J connectivity index is 2.25. The van der Waals surface area contributed by atoms with Gasteiger partial charge < -0.3 is 9.68 Å². The van der Waals surface area contributed by atoms with Gasteiger partial charge in [0.2, 0.25) is 0 Å². The van der Waals surface area contributed by atoms with Gasteiger partial charge in [-0.05, 0) is 18.0 Å². The lowest BCUT2D eigenvalue weighted by Crippen LogP contribution is -2.30. The van der Waals surface area contributed by atoms with Crippen molar-refractivity contribution in [1.82, 2.24) is 0 Å². The Morgan fingerprint density at radius 3 is 2.60 bits per heavy atom. The molecule has 0 bridgehead atoms. The summed E-state index contributed by atoms with van der Waals surface area (Å²) >= 11 is 0. The van der Waals surface area contributed by atoms with E-state index in [1.54, 1.807) is 0 Å². The van der Waals surface area contributed by atoms with Crippen molar-refractivity contribution in [2.75, 3.05) is 0 Å². The molecule has 0 aliphatic carbocycles. The van der Waals surface area contributed by atoms with Gasteiger partial charge in [-0.15, -0.1) is 0 Å². The van der Waals surface area contributed by atoms with E-state index in [9.17, 15) is 5.02 Å². The normalized spacial score (nSPS) is 26.3. The summed E-state index contributed by atoms with van der Waals surface area (Å²) in [5.41, 5.74) is 2.02. The molecule has 0 saturated carbocycles. The summed E-state index contributed by atoms with van der Waals surface area (Å²) in [5, 5.41) is 9.64. The fraction of sp³-hybridized carbons (Fsp3) is 0.333. The smallest absolute Gasteiger partial charge is 0.423 e. The van der Waals surface area contributed by atoms with Gasteiger partial charge in [-0.2, -0.15) is 0 Å². The Kier molecular flexibility index (Phi) is 2.94. The average Bonchev–Trinajstić information content (AvgIpc) is 2.25. The van der Waals surface area contributed by atoms with Crippen LogP contribution in [-0.2, 0) is 4.65 Å². The van der Waals surface area contributed by atoms with E-state index in [0.717, 1.165) is 11.0 Å². The highest BCUT2D eigenvalue weighted by atomic mass is 16.5. The zero-order chi connectivity index (χ0) is 10.8. The SMILES string of the molecule is CC1=C[C@@H](C)[C@H](c2ccccc2)OB1O. The van der Waals surface area contributed by atoms with Crippen LogP contribution in [0.4, 0.5) is 0 Å². The molecule has 1 aromatic carbocycles. The first kappa shape index (κ1) is 10.5. The highest BCUT2D eigenvalue weighted by Crippen LogP contribution is 2.32. The maximum absolute atomic E-state index is 9.64. The molecule has 15 heavy (non-hydrogen) atoms. The van der Waals surface area contributed by atoms with Crippen LogP contribution < -0.4 is 0 Å². The number of rotatable bonds is 1. The van der Waals surface area contributed by atoms with Crippen molar-refractivity contribution in [2.24, 2.45) is 5.92 Å². The molecule has 0 saturated heterocycles. The number of benzene rings is 1. The van der Waals surface area contributed by atoms with Crippen LogP contribution in [0.25, 0.3) is 0 Å². The maximum atomic E-state index is 9.64. The predicted octanol–water partition coefficient (Wildman–Crippen LogP) is 2.36. The second kappa shape index (κ2) is 4.21. The van der Waals surface area contributed by atoms with Gasteiger partial charge in [0.15, 0.2) is 0 Å². The van der Waals surface area contributed by atoms with Crippen molar-refractivity contribution in [3.8, 4) is 0 Å². The van der Waals surface area contributed by atoms with Crippen molar-refractivity contribution in [2.45, 2.75) is 20.0 Å². The molecule has 0 aromatic heterocycles. The van der Waals surface area contributed by atoms with E-state index in [1.165, 1.54) is 0 Å². The summed E-state index contributed by atoms with van der Waals surface area (Å²) in [5.74, 6) is 0.302. The molecule has 2 atom stereocenters. The molecular weight excluding hydrogens is 187 g/mol. The van der Waals surface area contributed by atoms with Gasteiger partial charge in [0.1, 0.15) is 0 Å². The molecule has 0 fully saturated rings. The number of allylic oxidation sites excluding steroid dienone is 1. The minimum atomic E-state index is -0.758. The zero-order valence-electron chi connectivity index (χ0n) is 9.05.